The van der Waals surface area contributed by atoms with Gasteiger partial charge in [-0.3, -0.25) is 4.79 Å². The van der Waals surface area contributed by atoms with E-state index in [2.05, 4.69) is 10.6 Å². The van der Waals surface area contributed by atoms with Crippen molar-refractivity contribution in [2.24, 2.45) is 5.92 Å². The fourth-order valence-corrected chi connectivity index (χ4v) is 2.62. The highest BCUT2D eigenvalue weighted by molar-refractivity contribution is 5.96. The lowest BCUT2D eigenvalue weighted by atomic mass is 10.1. The normalized spacial score (nSPS) is 13.2. The Balaban J connectivity index is 1.64. The summed E-state index contributed by atoms with van der Waals surface area (Å²) in [6.07, 6.45) is 1.87. The van der Waals surface area contributed by atoms with Crippen LogP contribution >= 0.6 is 0 Å². The zero-order valence-corrected chi connectivity index (χ0v) is 14.9. The molecule has 1 fully saturated rings. The Morgan fingerprint density at radius 3 is 2.62 bits per heavy atom. The lowest BCUT2D eigenvalue weighted by molar-refractivity contribution is -0.117. The Hall–Kier alpha value is -2.89. The second-order valence-electron chi connectivity index (χ2n) is 6.71. The average Bonchev–Trinajstić information content (AvgIpc) is 3.43. The summed E-state index contributed by atoms with van der Waals surface area (Å²) in [6.45, 7) is 2.18. The van der Waals surface area contributed by atoms with Gasteiger partial charge < -0.3 is 15.5 Å². The van der Waals surface area contributed by atoms with Gasteiger partial charge in [0.15, 0.2) is 0 Å². The zero-order valence-electron chi connectivity index (χ0n) is 14.9. The molecule has 0 aliphatic heterocycles. The molecule has 0 spiro atoms. The maximum atomic E-state index is 13.3. The number of carbonyl (C=O) groups is 2. The second-order valence-corrected chi connectivity index (χ2v) is 6.71. The van der Waals surface area contributed by atoms with Crippen LogP contribution in [0.5, 0.6) is 0 Å². The minimum Gasteiger partial charge on any atom is -0.326 e. The van der Waals surface area contributed by atoms with Gasteiger partial charge in [-0.25, -0.2) is 9.18 Å². The lowest BCUT2D eigenvalue weighted by Crippen LogP contribution is -2.31. The molecule has 1 aliphatic carbocycles. The van der Waals surface area contributed by atoms with Gasteiger partial charge in [-0.1, -0.05) is 18.2 Å². The van der Waals surface area contributed by atoms with Crippen LogP contribution in [-0.2, 0) is 11.3 Å². The first-order valence-electron chi connectivity index (χ1n) is 8.60. The molecule has 0 aromatic heterocycles. The van der Waals surface area contributed by atoms with Crippen LogP contribution in [-0.4, -0.2) is 23.9 Å². The number of anilines is 2. The van der Waals surface area contributed by atoms with Gasteiger partial charge in [-0.05, 0) is 55.2 Å². The number of benzene rings is 2. The summed E-state index contributed by atoms with van der Waals surface area (Å²) in [4.78, 5) is 25.8. The molecule has 2 aromatic rings. The maximum absolute atomic E-state index is 13.3. The number of hydrogen-bond donors (Lipinski definition) is 2. The first-order chi connectivity index (χ1) is 12.4. The van der Waals surface area contributed by atoms with E-state index in [1.807, 2.05) is 19.1 Å². The van der Waals surface area contributed by atoms with Crippen LogP contribution in [0.4, 0.5) is 20.6 Å². The molecule has 5 nitrogen and oxygen atoms in total. The van der Waals surface area contributed by atoms with Crippen molar-refractivity contribution in [3.05, 3.63) is 59.4 Å². The summed E-state index contributed by atoms with van der Waals surface area (Å²) in [7, 11) is 1.65. The third kappa shape index (κ3) is 4.59. The van der Waals surface area contributed by atoms with Crippen molar-refractivity contribution in [2.45, 2.75) is 26.3 Å². The molecule has 0 heterocycles. The Bertz CT molecular complexity index is 834. The number of amides is 3. The van der Waals surface area contributed by atoms with Crippen molar-refractivity contribution in [2.75, 3.05) is 17.7 Å². The van der Waals surface area contributed by atoms with E-state index in [0.29, 0.717) is 23.5 Å². The number of carbonyl (C=O) groups excluding carboxylic acids is 2. The van der Waals surface area contributed by atoms with Gasteiger partial charge in [0.05, 0.1) is 0 Å². The largest absolute Gasteiger partial charge is 0.326 e. The molecule has 0 radical (unpaired) electrons. The molecule has 6 heteroatoms. The number of halogens is 1. The SMILES string of the molecule is Cc1ccc(NC(=O)C2CC2)cc1NC(=O)N(C)Cc1cccc(F)c1. The first kappa shape index (κ1) is 17.9. The van der Waals surface area contributed by atoms with Crippen molar-refractivity contribution in [3.63, 3.8) is 0 Å². The first-order valence-corrected chi connectivity index (χ1v) is 8.60. The number of nitrogens with one attached hydrogen (secondary N) is 2. The molecule has 3 rings (SSSR count). The Kier molecular flexibility index (Phi) is 5.21. The monoisotopic (exact) mass is 355 g/mol. The molecule has 3 amide bonds. The Morgan fingerprint density at radius 2 is 1.92 bits per heavy atom. The fraction of sp³-hybridized carbons (Fsp3) is 0.300. The van der Waals surface area contributed by atoms with Crippen LogP contribution in [0.3, 0.4) is 0 Å². The molecule has 0 bridgehead atoms. The van der Waals surface area contributed by atoms with Crippen LogP contribution in [0.1, 0.15) is 24.0 Å². The minimum absolute atomic E-state index is 0.0225. The number of rotatable bonds is 5. The molecule has 1 aliphatic rings. The topological polar surface area (TPSA) is 61.4 Å². The minimum atomic E-state index is -0.328. The summed E-state index contributed by atoms with van der Waals surface area (Å²) < 4.78 is 13.3. The summed E-state index contributed by atoms with van der Waals surface area (Å²) in [5, 5.41) is 5.72. The van der Waals surface area contributed by atoms with Crippen LogP contribution in [0, 0.1) is 18.7 Å². The van der Waals surface area contributed by atoms with Crippen molar-refractivity contribution in [3.8, 4) is 0 Å². The zero-order chi connectivity index (χ0) is 18.7. The van der Waals surface area contributed by atoms with Gasteiger partial charge in [0.2, 0.25) is 5.91 Å². The molecule has 26 heavy (non-hydrogen) atoms. The van der Waals surface area contributed by atoms with E-state index in [4.69, 9.17) is 0 Å². The molecular weight excluding hydrogens is 333 g/mol. The van der Waals surface area contributed by atoms with Gasteiger partial charge >= 0.3 is 6.03 Å². The number of hydrogen-bond acceptors (Lipinski definition) is 2. The predicted octanol–water partition coefficient (Wildman–Crippen LogP) is 4.15. The summed E-state index contributed by atoms with van der Waals surface area (Å²) in [5.41, 5.74) is 2.90. The molecule has 0 saturated heterocycles. The van der Waals surface area contributed by atoms with Crippen LogP contribution in [0.15, 0.2) is 42.5 Å². The van der Waals surface area contributed by atoms with E-state index < -0.39 is 0 Å². The Labute approximate surface area is 152 Å². The van der Waals surface area contributed by atoms with E-state index in [9.17, 15) is 14.0 Å². The van der Waals surface area contributed by atoms with Crippen molar-refractivity contribution < 1.29 is 14.0 Å². The molecule has 2 N–H and O–H groups in total. The van der Waals surface area contributed by atoms with Gasteiger partial charge in [-0.2, -0.15) is 0 Å². The predicted molar refractivity (Wildman–Crippen MR) is 99.4 cm³/mol. The van der Waals surface area contributed by atoms with Crippen molar-refractivity contribution >= 4 is 23.3 Å². The fourth-order valence-electron chi connectivity index (χ4n) is 2.62. The standard InChI is InChI=1S/C20H22FN3O2/c1-13-6-9-17(22-19(25)15-7-8-15)11-18(13)23-20(26)24(2)12-14-4-3-5-16(21)10-14/h3-6,9-11,15H,7-8,12H2,1-2H3,(H,22,25)(H,23,26). The van der Waals surface area contributed by atoms with Gasteiger partial charge in [-0.15, -0.1) is 0 Å². The summed E-state index contributed by atoms with van der Waals surface area (Å²) in [6, 6.07) is 11.3. The van der Waals surface area contributed by atoms with E-state index in [1.165, 1.54) is 17.0 Å². The van der Waals surface area contributed by atoms with Gasteiger partial charge in [0, 0.05) is 30.9 Å². The summed E-state index contributed by atoms with van der Waals surface area (Å²) >= 11 is 0. The third-order valence-corrected chi connectivity index (χ3v) is 4.35. The molecule has 0 unspecified atom stereocenters. The maximum Gasteiger partial charge on any atom is 0.321 e. The van der Waals surface area contributed by atoms with Gasteiger partial charge in [0.25, 0.3) is 0 Å². The molecule has 0 atom stereocenters. The second kappa shape index (κ2) is 7.56. The molecule has 1 saturated carbocycles. The smallest absolute Gasteiger partial charge is 0.321 e. The van der Waals surface area contributed by atoms with E-state index in [0.717, 1.165) is 18.4 Å². The van der Waals surface area contributed by atoms with Gasteiger partial charge in [0.1, 0.15) is 5.82 Å². The van der Waals surface area contributed by atoms with Crippen molar-refractivity contribution in [1.82, 2.24) is 4.90 Å². The van der Waals surface area contributed by atoms with E-state index >= 15 is 0 Å². The Morgan fingerprint density at radius 1 is 1.15 bits per heavy atom. The highest BCUT2D eigenvalue weighted by atomic mass is 19.1. The highest BCUT2D eigenvalue weighted by Gasteiger charge is 2.29. The van der Waals surface area contributed by atoms with E-state index in [1.54, 1.807) is 25.2 Å². The third-order valence-electron chi connectivity index (χ3n) is 4.35. The lowest BCUT2D eigenvalue weighted by Gasteiger charge is -2.19. The number of aryl methyl sites for hydroxylation is 1. The quantitative estimate of drug-likeness (QED) is 0.846. The van der Waals surface area contributed by atoms with Crippen molar-refractivity contribution in [1.29, 1.82) is 0 Å². The molecule has 2 aromatic carbocycles. The van der Waals surface area contributed by atoms with E-state index in [-0.39, 0.29) is 23.7 Å². The van der Waals surface area contributed by atoms with Crippen LogP contribution < -0.4 is 10.6 Å². The van der Waals surface area contributed by atoms with Crippen LogP contribution in [0.2, 0.25) is 0 Å². The molecule has 136 valence electrons. The highest BCUT2D eigenvalue weighted by Crippen LogP contribution is 2.30. The average molecular weight is 355 g/mol. The van der Waals surface area contributed by atoms with Crippen LogP contribution in [0.25, 0.3) is 0 Å². The number of urea groups is 1. The summed E-state index contributed by atoms with van der Waals surface area (Å²) in [5.74, 6) is -0.188. The number of nitrogens with zero attached hydrogens (tertiary/aromatic N) is 1. The molecular formula is C20H22FN3O2.